The predicted octanol–water partition coefficient (Wildman–Crippen LogP) is 0.392. The third kappa shape index (κ3) is 4.28. The number of hydrogen-bond acceptors (Lipinski definition) is 5. The summed E-state index contributed by atoms with van der Waals surface area (Å²) in [7, 11) is 0. The van der Waals surface area contributed by atoms with Crippen molar-refractivity contribution in [2.45, 2.75) is 25.3 Å². The second kappa shape index (κ2) is 6.70. The van der Waals surface area contributed by atoms with Gasteiger partial charge in [0.1, 0.15) is 12.5 Å². The van der Waals surface area contributed by atoms with Crippen LogP contribution >= 0.6 is 11.8 Å². The molecule has 2 rings (SSSR count). The van der Waals surface area contributed by atoms with Gasteiger partial charge < -0.3 is 9.47 Å². The summed E-state index contributed by atoms with van der Waals surface area (Å²) in [6.45, 7) is 3.76. The smallest absolute Gasteiger partial charge is 0.109 e. The van der Waals surface area contributed by atoms with Crippen LogP contribution in [0.5, 0.6) is 0 Å². The summed E-state index contributed by atoms with van der Waals surface area (Å²) in [5, 5.41) is 6.63. The van der Waals surface area contributed by atoms with E-state index in [4.69, 9.17) is 9.47 Å². The van der Waals surface area contributed by atoms with Crippen LogP contribution in [-0.2, 0) is 9.47 Å². The highest BCUT2D eigenvalue weighted by molar-refractivity contribution is 7.99. The topological polar surface area (TPSA) is 42.5 Å². The zero-order valence-electron chi connectivity index (χ0n) is 9.04. The molecule has 2 aliphatic heterocycles. The fourth-order valence-corrected chi connectivity index (χ4v) is 2.78. The van der Waals surface area contributed by atoms with Crippen LogP contribution in [0, 0.1) is 0 Å². The molecule has 0 spiro atoms. The Kier molecular flexibility index (Phi) is 5.22. The van der Waals surface area contributed by atoms with Gasteiger partial charge in [0.05, 0.1) is 13.2 Å². The molecule has 0 aromatic rings. The van der Waals surface area contributed by atoms with Crippen molar-refractivity contribution in [2.75, 3.05) is 37.8 Å². The normalized spacial score (nSPS) is 31.2. The van der Waals surface area contributed by atoms with Crippen LogP contribution in [0.4, 0.5) is 0 Å². The summed E-state index contributed by atoms with van der Waals surface area (Å²) in [5.74, 6) is 2.34. The Morgan fingerprint density at radius 3 is 1.87 bits per heavy atom. The zero-order valence-corrected chi connectivity index (χ0v) is 9.85. The lowest BCUT2D eigenvalue weighted by Crippen LogP contribution is -2.24. The SMILES string of the molecule is C1COC(CCSCCC2NCCO2)N1. The Labute approximate surface area is 95.5 Å². The van der Waals surface area contributed by atoms with Crippen LogP contribution in [0.15, 0.2) is 0 Å². The summed E-state index contributed by atoms with van der Waals surface area (Å²) in [4.78, 5) is 0. The maximum absolute atomic E-state index is 5.47. The minimum atomic E-state index is 0.304. The molecule has 0 bridgehead atoms. The number of nitrogens with one attached hydrogen (secondary N) is 2. The van der Waals surface area contributed by atoms with Gasteiger partial charge in [0.15, 0.2) is 0 Å². The van der Waals surface area contributed by atoms with Crippen molar-refractivity contribution in [1.82, 2.24) is 10.6 Å². The molecule has 2 unspecified atom stereocenters. The maximum Gasteiger partial charge on any atom is 0.109 e. The minimum absolute atomic E-state index is 0.304. The lowest BCUT2D eigenvalue weighted by molar-refractivity contribution is 0.0984. The van der Waals surface area contributed by atoms with E-state index in [9.17, 15) is 0 Å². The minimum Gasteiger partial charge on any atom is -0.362 e. The van der Waals surface area contributed by atoms with E-state index in [1.165, 1.54) is 11.5 Å². The first-order valence-corrected chi connectivity index (χ1v) is 6.88. The fraction of sp³-hybridized carbons (Fsp3) is 1.00. The van der Waals surface area contributed by atoms with Gasteiger partial charge in [-0.05, 0) is 24.3 Å². The van der Waals surface area contributed by atoms with Gasteiger partial charge in [-0.1, -0.05) is 0 Å². The molecule has 88 valence electrons. The molecular weight excluding hydrogens is 212 g/mol. The van der Waals surface area contributed by atoms with E-state index in [-0.39, 0.29) is 0 Å². The molecule has 2 fully saturated rings. The van der Waals surface area contributed by atoms with Gasteiger partial charge in [0.25, 0.3) is 0 Å². The third-order valence-corrected chi connectivity index (χ3v) is 3.68. The van der Waals surface area contributed by atoms with Gasteiger partial charge >= 0.3 is 0 Å². The molecule has 2 aliphatic rings. The largest absolute Gasteiger partial charge is 0.362 e. The van der Waals surface area contributed by atoms with Crippen LogP contribution in [-0.4, -0.2) is 50.3 Å². The highest BCUT2D eigenvalue weighted by Gasteiger charge is 2.15. The molecule has 0 amide bonds. The van der Waals surface area contributed by atoms with Crippen LogP contribution in [0.2, 0.25) is 0 Å². The van der Waals surface area contributed by atoms with E-state index in [2.05, 4.69) is 10.6 Å². The summed E-state index contributed by atoms with van der Waals surface area (Å²) < 4.78 is 10.9. The molecule has 2 N–H and O–H groups in total. The third-order valence-electron chi connectivity index (χ3n) is 2.63. The summed E-state index contributed by atoms with van der Waals surface area (Å²) in [5.41, 5.74) is 0. The number of rotatable bonds is 6. The molecule has 0 aromatic heterocycles. The average molecular weight is 232 g/mol. The molecule has 0 radical (unpaired) electrons. The Morgan fingerprint density at radius 1 is 0.933 bits per heavy atom. The Hall–Kier alpha value is 0.190. The lowest BCUT2D eigenvalue weighted by atomic mass is 10.4. The first-order chi connectivity index (χ1) is 7.45. The van der Waals surface area contributed by atoms with Crippen molar-refractivity contribution in [1.29, 1.82) is 0 Å². The van der Waals surface area contributed by atoms with Crippen LogP contribution < -0.4 is 10.6 Å². The number of ether oxygens (including phenoxy) is 2. The standard InChI is InChI=1S/C10H20N2O2S/c1(9-11-3-5-13-9)7-15-8-2-10-12-4-6-14-10/h9-12H,1-8H2. The van der Waals surface area contributed by atoms with Crippen molar-refractivity contribution in [3.05, 3.63) is 0 Å². The molecule has 0 aliphatic carbocycles. The number of hydrogen-bond donors (Lipinski definition) is 2. The Balaban J connectivity index is 1.41. The average Bonchev–Trinajstić information content (AvgIpc) is 2.88. The first kappa shape index (κ1) is 11.7. The molecule has 0 saturated carbocycles. The fourth-order valence-electron chi connectivity index (χ4n) is 1.81. The van der Waals surface area contributed by atoms with Crippen LogP contribution in [0.1, 0.15) is 12.8 Å². The van der Waals surface area contributed by atoms with E-state index < -0.39 is 0 Å². The first-order valence-electron chi connectivity index (χ1n) is 5.73. The van der Waals surface area contributed by atoms with Gasteiger partial charge in [-0.15, -0.1) is 0 Å². The molecule has 4 nitrogen and oxygen atoms in total. The predicted molar refractivity (Wildman–Crippen MR) is 62.0 cm³/mol. The quantitative estimate of drug-likeness (QED) is 0.649. The van der Waals surface area contributed by atoms with Gasteiger partial charge in [0.2, 0.25) is 0 Å². The molecule has 2 heterocycles. The Bertz CT molecular complexity index is 153. The highest BCUT2D eigenvalue weighted by atomic mass is 32.2. The van der Waals surface area contributed by atoms with Crippen molar-refractivity contribution in [2.24, 2.45) is 0 Å². The molecule has 2 saturated heterocycles. The second-order valence-electron chi connectivity index (χ2n) is 3.82. The summed E-state index contributed by atoms with van der Waals surface area (Å²) in [6.07, 6.45) is 2.84. The summed E-state index contributed by atoms with van der Waals surface area (Å²) in [6, 6.07) is 0. The van der Waals surface area contributed by atoms with Crippen molar-refractivity contribution in [3.63, 3.8) is 0 Å². The van der Waals surface area contributed by atoms with E-state index in [0.717, 1.165) is 39.1 Å². The molecular formula is C10H20N2O2S. The highest BCUT2D eigenvalue weighted by Crippen LogP contribution is 2.11. The van der Waals surface area contributed by atoms with E-state index in [1.54, 1.807) is 0 Å². The maximum atomic E-state index is 5.47. The second-order valence-corrected chi connectivity index (χ2v) is 5.04. The van der Waals surface area contributed by atoms with E-state index in [1.807, 2.05) is 11.8 Å². The Morgan fingerprint density at radius 2 is 1.47 bits per heavy atom. The molecule has 15 heavy (non-hydrogen) atoms. The molecule has 0 aromatic carbocycles. The monoisotopic (exact) mass is 232 g/mol. The van der Waals surface area contributed by atoms with Crippen LogP contribution in [0.25, 0.3) is 0 Å². The molecule has 5 heteroatoms. The van der Waals surface area contributed by atoms with Gasteiger partial charge in [-0.3, -0.25) is 10.6 Å². The lowest BCUT2D eigenvalue weighted by Gasteiger charge is -2.11. The number of thioether (sulfide) groups is 1. The van der Waals surface area contributed by atoms with Gasteiger partial charge in [-0.25, -0.2) is 0 Å². The molecule has 2 atom stereocenters. The summed E-state index contributed by atoms with van der Waals surface area (Å²) >= 11 is 1.99. The van der Waals surface area contributed by atoms with Crippen molar-refractivity contribution >= 4 is 11.8 Å². The van der Waals surface area contributed by atoms with Gasteiger partial charge in [0, 0.05) is 13.1 Å². The van der Waals surface area contributed by atoms with Crippen LogP contribution in [0.3, 0.4) is 0 Å². The van der Waals surface area contributed by atoms with Crippen molar-refractivity contribution in [3.8, 4) is 0 Å². The van der Waals surface area contributed by atoms with E-state index in [0.29, 0.717) is 12.5 Å². The van der Waals surface area contributed by atoms with E-state index >= 15 is 0 Å². The zero-order chi connectivity index (χ0) is 10.3. The van der Waals surface area contributed by atoms with Crippen molar-refractivity contribution < 1.29 is 9.47 Å². The van der Waals surface area contributed by atoms with Gasteiger partial charge in [-0.2, -0.15) is 11.8 Å².